The molecule has 3 heteroatoms. The van der Waals surface area contributed by atoms with Crippen molar-refractivity contribution in [3.63, 3.8) is 0 Å². The quantitative estimate of drug-likeness (QED) is 0.184. The molecule has 0 aromatic rings. The second-order valence-corrected chi connectivity index (χ2v) is 8.58. The SMILES string of the molecule is CCCCCCCCCCCCCCCCCCOCCOC1CCCCO1. The Morgan fingerprint density at radius 3 is 1.64 bits per heavy atom. The van der Waals surface area contributed by atoms with Gasteiger partial charge in [-0.25, -0.2) is 0 Å². The Kier molecular flexibility index (Phi) is 20.0. The molecule has 0 spiro atoms. The Morgan fingerprint density at radius 2 is 1.14 bits per heavy atom. The van der Waals surface area contributed by atoms with Gasteiger partial charge in [-0.1, -0.05) is 103 Å². The van der Waals surface area contributed by atoms with Gasteiger partial charge in [0.15, 0.2) is 6.29 Å². The smallest absolute Gasteiger partial charge is 0.157 e. The van der Waals surface area contributed by atoms with Gasteiger partial charge < -0.3 is 14.2 Å². The Hall–Kier alpha value is -0.120. The molecule has 0 amide bonds. The van der Waals surface area contributed by atoms with Gasteiger partial charge in [-0.05, 0) is 25.7 Å². The highest BCUT2D eigenvalue weighted by molar-refractivity contribution is 4.54. The summed E-state index contributed by atoms with van der Waals surface area (Å²) in [6.07, 6.45) is 26.1. The molecule has 28 heavy (non-hydrogen) atoms. The van der Waals surface area contributed by atoms with Gasteiger partial charge >= 0.3 is 0 Å². The van der Waals surface area contributed by atoms with E-state index in [1.807, 2.05) is 0 Å². The first-order chi connectivity index (χ1) is 13.9. The first kappa shape index (κ1) is 25.9. The van der Waals surface area contributed by atoms with E-state index in [4.69, 9.17) is 14.2 Å². The third-order valence-electron chi connectivity index (χ3n) is 5.81. The van der Waals surface area contributed by atoms with Crippen molar-refractivity contribution in [2.24, 2.45) is 0 Å². The van der Waals surface area contributed by atoms with Crippen LogP contribution in [0.4, 0.5) is 0 Å². The van der Waals surface area contributed by atoms with Crippen LogP contribution in [0.3, 0.4) is 0 Å². The van der Waals surface area contributed by atoms with Crippen LogP contribution < -0.4 is 0 Å². The van der Waals surface area contributed by atoms with Crippen LogP contribution in [-0.2, 0) is 14.2 Å². The van der Waals surface area contributed by atoms with Crippen molar-refractivity contribution in [1.29, 1.82) is 0 Å². The molecule has 0 radical (unpaired) electrons. The molecule has 1 unspecified atom stereocenters. The Bertz CT molecular complexity index is 290. The van der Waals surface area contributed by atoms with Crippen LogP contribution >= 0.6 is 0 Å². The van der Waals surface area contributed by atoms with Crippen molar-refractivity contribution in [3.05, 3.63) is 0 Å². The predicted molar refractivity (Wildman–Crippen MR) is 120 cm³/mol. The fourth-order valence-corrected chi connectivity index (χ4v) is 3.94. The van der Waals surface area contributed by atoms with Crippen LogP contribution in [0.2, 0.25) is 0 Å². The van der Waals surface area contributed by atoms with E-state index in [1.54, 1.807) is 0 Å². The van der Waals surface area contributed by atoms with Crippen LogP contribution in [0.25, 0.3) is 0 Å². The predicted octanol–water partition coefficient (Wildman–Crippen LogP) is 7.81. The van der Waals surface area contributed by atoms with Crippen molar-refractivity contribution in [3.8, 4) is 0 Å². The van der Waals surface area contributed by atoms with E-state index in [0.717, 1.165) is 19.6 Å². The largest absolute Gasteiger partial charge is 0.379 e. The average Bonchev–Trinajstić information content (AvgIpc) is 2.73. The normalized spacial score (nSPS) is 17.2. The summed E-state index contributed by atoms with van der Waals surface area (Å²) in [5, 5.41) is 0. The van der Waals surface area contributed by atoms with Crippen molar-refractivity contribution < 1.29 is 14.2 Å². The first-order valence-corrected chi connectivity index (χ1v) is 12.7. The molecule has 0 aliphatic carbocycles. The van der Waals surface area contributed by atoms with Gasteiger partial charge in [-0.15, -0.1) is 0 Å². The lowest BCUT2D eigenvalue weighted by molar-refractivity contribution is -0.169. The molecule has 0 N–H and O–H groups in total. The number of hydrogen-bond acceptors (Lipinski definition) is 3. The second kappa shape index (κ2) is 21.6. The molecule has 1 saturated heterocycles. The Morgan fingerprint density at radius 1 is 0.607 bits per heavy atom. The highest BCUT2D eigenvalue weighted by Crippen LogP contribution is 2.14. The summed E-state index contributed by atoms with van der Waals surface area (Å²) in [4.78, 5) is 0. The molecular weight excluding hydrogens is 348 g/mol. The molecule has 0 saturated carbocycles. The van der Waals surface area contributed by atoms with Crippen LogP contribution in [0.1, 0.15) is 129 Å². The van der Waals surface area contributed by atoms with Gasteiger partial charge in [0.1, 0.15) is 0 Å². The van der Waals surface area contributed by atoms with E-state index in [1.165, 1.54) is 116 Å². The fraction of sp³-hybridized carbons (Fsp3) is 1.00. The van der Waals surface area contributed by atoms with Crippen LogP contribution in [0, 0.1) is 0 Å². The molecule has 1 rings (SSSR count). The molecule has 0 aromatic carbocycles. The Labute approximate surface area is 176 Å². The molecule has 0 bridgehead atoms. The fourth-order valence-electron chi connectivity index (χ4n) is 3.94. The zero-order chi connectivity index (χ0) is 20.0. The van der Waals surface area contributed by atoms with Gasteiger partial charge in [-0.2, -0.15) is 0 Å². The average molecular weight is 399 g/mol. The van der Waals surface area contributed by atoms with Gasteiger partial charge in [0, 0.05) is 13.2 Å². The lowest BCUT2D eigenvalue weighted by atomic mass is 10.0. The summed E-state index contributed by atoms with van der Waals surface area (Å²) in [6.45, 7) is 5.40. The van der Waals surface area contributed by atoms with E-state index in [0.29, 0.717) is 13.2 Å². The highest BCUT2D eigenvalue weighted by atomic mass is 16.7. The van der Waals surface area contributed by atoms with Crippen molar-refractivity contribution in [2.75, 3.05) is 26.4 Å². The van der Waals surface area contributed by atoms with E-state index in [9.17, 15) is 0 Å². The molecule has 3 nitrogen and oxygen atoms in total. The lowest BCUT2D eigenvalue weighted by Crippen LogP contribution is -2.24. The van der Waals surface area contributed by atoms with E-state index >= 15 is 0 Å². The maximum Gasteiger partial charge on any atom is 0.157 e. The monoisotopic (exact) mass is 398 g/mol. The van der Waals surface area contributed by atoms with E-state index in [2.05, 4.69) is 6.92 Å². The minimum atomic E-state index is 0.0212. The standard InChI is InChI=1S/C25H50O3/c1-2-3-4-5-6-7-8-9-10-11-12-13-14-15-16-18-21-26-23-24-28-25-20-17-19-22-27-25/h25H,2-24H2,1H3. The maximum absolute atomic E-state index is 5.67. The third-order valence-corrected chi connectivity index (χ3v) is 5.81. The third kappa shape index (κ3) is 17.9. The summed E-state index contributed by atoms with van der Waals surface area (Å²) in [7, 11) is 0. The minimum absolute atomic E-state index is 0.0212. The highest BCUT2D eigenvalue weighted by Gasteiger charge is 2.13. The zero-order valence-electron chi connectivity index (χ0n) is 19.1. The summed E-state index contributed by atoms with van der Waals surface area (Å²) in [5.41, 5.74) is 0. The number of ether oxygens (including phenoxy) is 3. The first-order valence-electron chi connectivity index (χ1n) is 12.7. The molecule has 1 aliphatic rings. The number of rotatable bonds is 21. The van der Waals surface area contributed by atoms with Gasteiger partial charge in [0.2, 0.25) is 0 Å². The minimum Gasteiger partial charge on any atom is -0.379 e. The van der Waals surface area contributed by atoms with Gasteiger partial charge in [-0.3, -0.25) is 0 Å². The lowest BCUT2D eigenvalue weighted by Gasteiger charge is -2.22. The van der Waals surface area contributed by atoms with Crippen LogP contribution in [0.15, 0.2) is 0 Å². The molecule has 0 aromatic heterocycles. The van der Waals surface area contributed by atoms with Gasteiger partial charge in [0.25, 0.3) is 0 Å². The summed E-state index contributed by atoms with van der Waals surface area (Å²) >= 11 is 0. The summed E-state index contributed by atoms with van der Waals surface area (Å²) < 4.78 is 16.9. The maximum atomic E-state index is 5.67. The zero-order valence-corrected chi connectivity index (χ0v) is 19.1. The summed E-state index contributed by atoms with van der Waals surface area (Å²) in [6, 6.07) is 0. The second-order valence-electron chi connectivity index (χ2n) is 8.58. The van der Waals surface area contributed by atoms with Crippen molar-refractivity contribution >= 4 is 0 Å². The molecule has 168 valence electrons. The Balaban J connectivity index is 1.64. The molecule has 1 aliphatic heterocycles. The van der Waals surface area contributed by atoms with Crippen LogP contribution in [0.5, 0.6) is 0 Å². The number of hydrogen-bond donors (Lipinski definition) is 0. The van der Waals surface area contributed by atoms with E-state index < -0.39 is 0 Å². The topological polar surface area (TPSA) is 27.7 Å². The number of unbranched alkanes of at least 4 members (excludes halogenated alkanes) is 15. The molecule has 1 heterocycles. The molecule has 1 fully saturated rings. The molecule has 1 atom stereocenters. The van der Waals surface area contributed by atoms with Crippen molar-refractivity contribution in [1.82, 2.24) is 0 Å². The molecular formula is C25H50O3. The summed E-state index contributed by atoms with van der Waals surface area (Å²) in [5.74, 6) is 0. The van der Waals surface area contributed by atoms with E-state index in [-0.39, 0.29) is 6.29 Å². The van der Waals surface area contributed by atoms with Crippen molar-refractivity contribution in [2.45, 2.75) is 135 Å². The van der Waals surface area contributed by atoms with Crippen LogP contribution in [-0.4, -0.2) is 32.7 Å². The van der Waals surface area contributed by atoms with Gasteiger partial charge in [0.05, 0.1) is 13.2 Å².